The smallest absolute Gasteiger partial charge is 0.244 e. The molecule has 1 heterocycles. The lowest BCUT2D eigenvalue weighted by Gasteiger charge is -2.22. The van der Waals surface area contributed by atoms with Crippen LogP contribution in [0.1, 0.15) is 30.5 Å². The lowest BCUT2D eigenvalue weighted by Crippen LogP contribution is -2.39. The van der Waals surface area contributed by atoms with E-state index in [1.807, 2.05) is 55.5 Å². The third-order valence-electron chi connectivity index (χ3n) is 4.67. The Hall–Kier alpha value is -2.37. The predicted molar refractivity (Wildman–Crippen MR) is 97.7 cm³/mol. The number of hydrogen-bond acceptors (Lipinski definition) is 4. The number of nitrogens with one attached hydrogen (secondary N) is 1. The van der Waals surface area contributed by atoms with E-state index in [1.54, 1.807) is 12.0 Å². The molecule has 2 aromatic rings. The van der Waals surface area contributed by atoms with Gasteiger partial charge in [0, 0.05) is 12.6 Å². The number of nitrogens with zero attached hydrogens (tertiary/aromatic N) is 1. The highest BCUT2D eigenvalue weighted by molar-refractivity contribution is 6.00. The molecule has 5 nitrogen and oxygen atoms in total. The second-order valence-corrected chi connectivity index (χ2v) is 6.29. The Morgan fingerprint density at radius 2 is 2.08 bits per heavy atom. The van der Waals surface area contributed by atoms with E-state index in [0.717, 1.165) is 23.2 Å². The van der Waals surface area contributed by atoms with Crippen molar-refractivity contribution in [2.75, 3.05) is 18.6 Å². The number of hydrogen-bond donors (Lipinski definition) is 2. The Morgan fingerprint density at radius 1 is 1.28 bits per heavy atom. The quantitative estimate of drug-likeness (QED) is 0.849. The largest absolute Gasteiger partial charge is 0.495 e. The van der Waals surface area contributed by atoms with Gasteiger partial charge in [-0.25, -0.2) is 0 Å². The van der Waals surface area contributed by atoms with Gasteiger partial charge in [0.2, 0.25) is 5.91 Å². The van der Waals surface area contributed by atoms with Gasteiger partial charge in [-0.05, 0) is 36.6 Å². The first-order chi connectivity index (χ1) is 12.1. The van der Waals surface area contributed by atoms with Crippen molar-refractivity contribution in [3.05, 3.63) is 59.7 Å². The Balaban J connectivity index is 1.71. The van der Waals surface area contributed by atoms with Crippen LogP contribution in [-0.4, -0.2) is 30.7 Å². The first-order valence-electron chi connectivity index (χ1n) is 8.54. The van der Waals surface area contributed by atoms with Gasteiger partial charge in [0.15, 0.2) is 0 Å². The Bertz CT molecular complexity index is 747. The lowest BCUT2D eigenvalue weighted by molar-refractivity contribution is -0.119. The second-order valence-electron chi connectivity index (χ2n) is 6.29. The normalized spacial score (nSPS) is 18.4. The fourth-order valence-electron chi connectivity index (χ4n) is 3.29. The van der Waals surface area contributed by atoms with Crippen molar-refractivity contribution in [3.63, 3.8) is 0 Å². The molecule has 0 spiro atoms. The fraction of sp³-hybridized carbons (Fsp3) is 0.350. The second kappa shape index (κ2) is 7.68. The molecule has 0 radical (unpaired) electrons. The lowest BCUT2D eigenvalue weighted by atomic mass is 10.0. The third-order valence-corrected chi connectivity index (χ3v) is 4.67. The molecule has 1 amide bonds. The van der Waals surface area contributed by atoms with Crippen LogP contribution < -0.4 is 15.0 Å². The molecule has 1 saturated heterocycles. The average Bonchev–Trinajstić information content (AvgIpc) is 3.02. The Morgan fingerprint density at radius 3 is 2.84 bits per heavy atom. The summed E-state index contributed by atoms with van der Waals surface area (Å²) in [4.78, 5) is 14.6. The van der Waals surface area contributed by atoms with Crippen molar-refractivity contribution in [3.8, 4) is 5.75 Å². The van der Waals surface area contributed by atoms with E-state index in [4.69, 9.17) is 4.74 Å². The summed E-state index contributed by atoms with van der Waals surface area (Å²) >= 11 is 0. The van der Waals surface area contributed by atoms with Gasteiger partial charge in [-0.1, -0.05) is 36.4 Å². The van der Waals surface area contributed by atoms with Crippen LogP contribution in [0.2, 0.25) is 0 Å². The highest BCUT2D eigenvalue weighted by atomic mass is 16.5. The zero-order valence-electron chi connectivity index (χ0n) is 14.6. The molecule has 2 atom stereocenters. The summed E-state index contributed by atoms with van der Waals surface area (Å²) in [5.74, 6) is 0.773. The van der Waals surface area contributed by atoms with Crippen molar-refractivity contribution in [1.82, 2.24) is 5.32 Å². The number of amides is 1. The molecule has 25 heavy (non-hydrogen) atoms. The number of carbonyl (C=O) groups is 1. The van der Waals surface area contributed by atoms with Crippen LogP contribution in [0.5, 0.6) is 5.75 Å². The zero-order valence-corrected chi connectivity index (χ0v) is 14.6. The number of methoxy groups -OCH3 is 1. The molecule has 0 saturated carbocycles. The number of rotatable bonds is 6. The summed E-state index contributed by atoms with van der Waals surface area (Å²) in [5.41, 5.74) is 2.75. The van der Waals surface area contributed by atoms with Crippen molar-refractivity contribution in [2.24, 2.45) is 0 Å². The number of anilines is 1. The van der Waals surface area contributed by atoms with Gasteiger partial charge >= 0.3 is 0 Å². The van der Waals surface area contributed by atoms with Gasteiger partial charge in [-0.2, -0.15) is 0 Å². The minimum absolute atomic E-state index is 0.0184. The van der Waals surface area contributed by atoms with Gasteiger partial charge in [-0.3, -0.25) is 10.1 Å². The molecule has 2 N–H and O–H groups in total. The average molecular weight is 340 g/mol. The van der Waals surface area contributed by atoms with Crippen molar-refractivity contribution in [1.29, 1.82) is 0 Å². The molecule has 5 heteroatoms. The van der Waals surface area contributed by atoms with Gasteiger partial charge in [0.05, 0.1) is 25.4 Å². The van der Waals surface area contributed by atoms with E-state index in [9.17, 15) is 9.90 Å². The SMILES string of the molecule is COc1ccccc1N1CC[C@@H](N[C@H](C)c2cccc(CO)c2)C1=O. The number of benzene rings is 2. The first kappa shape index (κ1) is 17.5. The number of aliphatic hydroxyl groups is 1. The summed E-state index contributed by atoms with van der Waals surface area (Å²) in [7, 11) is 1.62. The zero-order chi connectivity index (χ0) is 17.8. The fourth-order valence-corrected chi connectivity index (χ4v) is 3.29. The maximum Gasteiger partial charge on any atom is 0.244 e. The van der Waals surface area contributed by atoms with Gasteiger partial charge in [0.1, 0.15) is 5.75 Å². The van der Waals surface area contributed by atoms with Crippen LogP contribution in [0, 0.1) is 0 Å². The summed E-state index contributed by atoms with van der Waals surface area (Å²) < 4.78 is 5.38. The minimum Gasteiger partial charge on any atom is -0.495 e. The molecule has 0 bridgehead atoms. The molecule has 3 rings (SSSR count). The van der Waals surface area contributed by atoms with Crippen LogP contribution in [0.3, 0.4) is 0 Å². The van der Waals surface area contributed by atoms with Crippen molar-refractivity contribution in [2.45, 2.75) is 32.0 Å². The number of aliphatic hydroxyl groups excluding tert-OH is 1. The molecular weight excluding hydrogens is 316 g/mol. The van der Waals surface area contributed by atoms with Crippen molar-refractivity contribution < 1.29 is 14.6 Å². The van der Waals surface area contributed by atoms with Gasteiger partial charge < -0.3 is 14.7 Å². The number of carbonyl (C=O) groups excluding carboxylic acids is 1. The third kappa shape index (κ3) is 3.67. The van der Waals surface area contributed by atoms with E-state index in [-0.39, 0.29) is 24.6 Å². The molecule has 132 valence electrons. The van der Waals surface area contributed by atoms with Crippen LogP contribution in [-0.2, 0) is 11.4 Å². The van der Waals surface area contributed by atoms with E-state index in [2.05, 4.69) is 5.32 Å². The maximum absolute atomic E-state index is 12.8. The summed E-state index contributed by atoms with van der Waals surface area (Å²) in [6.07, 6.45) is 0.751. The molecule has 0 aliphatic carbocycles. The Labute approximate surface area is 148 Å². The van der Waals surface area contributed by atoms with E-state index in [0.29, 0.717) is 12.3 Å². The summed E-state index contributed by atoms with van der Waals surface area (Å²) in [5, 5.41) is 12.7. The van der Waals surface area contributed by atoms with Crippen LogP contribution in [0.25, 0.3) is 0 Å². The van der Waals surface area contributed by atoms with Gasteiger partial charge in [-0.15, -0.1) is 0 Å². The molecule has 0 unspecified atom stereocenters. The number of para-hydroxylation sites is 2. The summed E-state index contributed by atoms with van der Waals surface area (Å²) in [6.45, 7) is 2.72. The maximum atomic E-state index is 12.8. The minimum atomic E-state index is -0.224. The standard InChI is InChI=1S/C20H24N2O3/c1-14(16-7-5-6-15(12-16)13-23)21-17-10-11-22(20(17)24)18-8-3-4-9-19(18)25-2/h3-9,12,14,17,21,23H,10-11,13H2,1-2H3/t14-,17-/m1/s1. The van der Waals surface area contributed by atoms with E-state index >= 15 is 0 Å². The van der Waals surface area contributed by atoms with Crippen LogP contribution >= 0.6 is 0 Å². The van der Waals surface area contributed by atoms with Crippen LogP contribution in [0.15, 0.2) is 48.5 Å². The highest BCUT2D eigenvalue weighted by Gasteiger charge is 2.34. The molecule has 1 aliphatic heterocycles. The molecule has 2 aromatic carbocycles. The van der Waals surface area contributed by atoms with E-state index in [1.165, 1.54) is 0 Å². The topological polar surface area (TPSA) is 61.8 Å². The molecule has 0 aromatic heterocycles. The van der Waals surface area contributed by atoms with Crippen molar-refractivity contribution >= 4 is 11.6 Å². The summed E-state index contributed by atoms with van der Waals surface area (Å²) in [6, 6.07) is 15.2. The Kier molecular flexibility index (Phi) is 5.36. The predicted octanol–water partition coefficient (Wildman–Crippen LogP) is 2.64. The highest BCUT2D eigenvalue weighted by Crippen LogP contribution is 2.31. The van der Waals surface area contributed by atoms with Crippen LogP contribution in [0.4, 0.5) is 5.69 Å². The van der Waals surface area contributed by atoms with E-state index < -0.39 is 0 Å². The molecule has 1 fully saturated rings. The van der Waals surface area contributed by atoms with Gasteiger partial charge in [0.25, 0.3) is 0 Å². The molecule has 1 aliphatic rings. The molecular formula is C20H24N2O3. The first-order valence-corrected chi connectivity index (χ1v) is 8.54. The monoisotopic (exact) mass is 340 g/mol. The number of ether oxygens (including phenoxy) is 1.